The fourth-order valence-electron chi connectivity index (χ4n) is 3.05. The Labute approximate surface area is 192 Å². The predicted octanol–water partition coefficient (Wildman–Crippen LogP) is 5.29. The smallest absolute Gasteiger partial charge is 0.344 e. The van der Waals surface area contributed by atoms with Gasteiger partial charge in [-0.25, -0.2) is 10.2 Å². The molecule has 6 nitrogen and oxygen atoms in total. The zero-order valence-corrected chi connectivity index (χ0v) is 18.2. The van der Waals surface area contributed by atoms with E-state index in [1.807, 2.05) is 30.3 Å². The number of phenols is 1. The van der Waals surface area contributed by atoms with E-state index in [4.69, 9.17) is 4.74 Å². The molecule has 4 aromatic carbocycles. The van der Waals surface area contributed by atoms with Crippen LogP contribution in [-0.4, -0.2) is 23.2 Å². The van der Waals surface area contributed by atoms with Gasteiger partial charge in [-0.1, -0.05) is 36.4 Å². The third-order valence-electron chi connectivity index (χ3n) is 4.67. The van der Waals surface area contributed by atoms with Crippen LogP contribution in [0, 0.1) is 0 Å². The van der Waals surface area contributed by atoms with Crippen molar-refractivity contribution in [2.24, 2.45) is 5.10 Å². The Bertz CT molecular complexity index is 1330. The Morgan fingerprint density at radius 2 is 1.53 bits per heavy atom. The van der Waals surface area contributed by atoms with Crippen molar-refractivity contribution in [2.45, 2.75) is 0 Å². The minimum absolute atomic E-state index is 0.118. The average molecular weight is 489 g/mol. The fraction of sp³-hybridized carbons (Fsp3) is 0. The van der Waals surface area contributed by atoms with Crippen molar-refractivity contribution in [3.8, 4) is 11.5 Å². The zero-order chi connectivity index (χ0) is 22.5. The lowest BCUT2D eigenvalue weighted by Crippen LogP contribution is -2.17. The zero-order valence-electron chi connectivity index (χ0n) is 16.7. The summed E-state index contributed by atoms with van der Waals surface area (Å²) in [4.78, 5) is 24.7. The van der Waals surface area contributed by atoms with Gasteiger partial charge in [-0.05, 0) is 80.8 Å². The number of amides is 1. The van der Waals surface area contributed by atoms with Crippen LogP contribution in [0.4, 0.5) is 0 Å². The average Bonchev–Trinajstić information content (AvgIpc) is 2.80. The molecule has 0 aliphatic carbocycles. The normalized spacial score (nSPS) is 10.9. The first-order valence-electron chi connectivity index (χ1n) is 9.63. The van der Waals surface area contributed by atoms with Gasteiger partial charge < -0.3 is 9.84 Å². The number of phenolic OH excluding ortho intramolecular Hbond substituents is 1. The molecule has 32 heavy (non-hydrogen) atoms. The van der Waals surface area contributed by atoms with E-state index in [2.05, 4.69) is 26.5 Å². The number of halogens is 1. The Kier molecular flexibility index (Phi) is 6.28. The molecule has 0 aromatic heterocycles. The van der Waals surface area contributed by atoms with Crippen molar-refractivity contribution in [1.29, 1.82) is 0 Å². The summed E-state index contributed by atoms with van der Waals surface area (Å²) in [6, 6.07) is 24.3. The molecule has 0 bridgehead atoms. The monoisotopic (exact) mass is 488 g/mol. The maximum absolute atomic E-state index is 12.4. The number of benzene rings is 4. The van der Waals surface area contributed by atoms with Crippen molar-refractivity contribution in [3.05, 3.63) is 106 Å². The number of ether oxygens (including phenoxy) is 1. The minimum Gasteiger partial charge on any atom is -0.507 e. The van der Waals surface area contributed by atoms with E-state index in [1.54, 1.807) is 54.6 Å². The molecule has 0 atom stereocenters. The Morgan fingerprint density at radius 1 is 0.875 bits per heavy atom. The number of nitrogens with one attached hydrogen (secondary N) is 1. The molecule has 2 N–H and O–H groups in total. The summed E-state index contributed by atoms with van der Waals surface area (Å²) in [6.07, 6.45) is 1.45. The van der Waals surface area contributed by atoms with Crippen LogP contribution >= 0.6 is 15.9 Å². The fourth-order valence-corrected chi connectivity index (χ4v) is 3.49. The van der Waals surface area contributed by atoms with Crippen LogP contribution in [0.25, 0.3) is 10.8 Å². The third-order valence-corrected chi connectivity index (χ3v) is 5.36. The van der Waals surface area contributed by atoms with Gasteiger partial charge >= 0.3 is 5.97 Å². The van der Waals surface area contributed by atoms with Crippen LogP contribution in [-0.2, 0) is 0 Å². The first-order chi connectivity index (χ1) is 15.5. The summed E-state index contributed by atoms with van der Waals surface area (Å²) in [5.41, 5.74) is 3.66. The van der Waals surface area contributed by atoms with E-state index >= 15 is 0 Å². The highest BCUT2D eigenvalue weighted by Crippen LogP contribution is 2.25. The lowest BCUT2D eigenvalue weighted by molar-refractivity contribution is 0.0733. The SMILES string of the molecule is O=C(NN=Cc1ccc(OC(=O)c2ccccc2Br)cc1)c1cc2ccccc2cc1O. The van der Waals surface area contributed by atoms with Crippen LogP contribution in [0.15, 0.2) is 94.5 Å². The van der Waals surface area contributed by atoms with E-state index in [9.17, 15) is 14.7 Å². The second-order valence-electron chi connectivity index (χ2n) is 6.85. The molecule has 1 amide bonds. The molecular weight excluding hydrogens is 472 g/mol. The van der Waals surface area contributed by atoms with Gasteiger partial charge in [-0.3, -0.25) is 4.79 Å². The van der Waals surface area contributed by atoms with Crippen molar-refractivity contribution < 1.29 is 19.4 Å². The van der Waals surface area contributed by atoms with Crippen LogP contribution < -0.4 is 10.2 Å². The highest BCUT2D eigenvalue weighted by Gasteiger charge is 2.13. The standard InChI is InChI=1S/C25H17BrN2O4/c26-22-8-4-3-7-20(22)25(31)32-19-11-9-16(10-12-19)15-27-28-24(30)21-13-17-5-1-2-6-18(17)14-23(21)29/h1-15,29H,(H,28,30). The van der Waals surface area contributed by atoms with Gasteiger partial charge in [-0.2, -0.15) is 5.10 Å². The van der Waals surface area contributed by atoms with Crippen molar-refractivity contribution in [2.75, 3.05) is 0 Å². The molecule has 0 fully saturated rings. The van der Waals surface area contributed by atoms with Gasteiger partial charge in [0.15, 0.2) is 0 Å². The van der Waals surface area contributed by atoms with E-state index in [0.29, 0.717) is 21.3 Å². The maximum Gasteiger partial charge on any atom is 0.344 e. The number of rotatable bonds is 5. The number of hydrogen-bond donors (Lipinski definition) is 2. The van der Waals surface area contributed by atoms with E-state index in [1.165, 1.54) is 6.21 Å². The molecule has 4 aromatic rings. The molecule has 0 unspecified atom stereocenters. The van der Waals surface area contributed by atoms with E-state index in [0.717, 1.165) is 10.8 Å². The van der Waals surface area contributed by atoms with Crippen molar-refractivity contribution >= 4 is 44.8 Å². The molecule has 0 radical (unpaired) electrons. The van der Waals surface area contributed by atoms with Crippen molar-refractivity contribution in [3.63, 3.8) is 0 Å². The first kappa shape index (κ1) is 21.3. The van der Waals surface area contributed by atoms with E-state index < -0.39 is 11.9 Å². The first-order valence-corrected chi connectivity index (χ1v) is 10.4. The van der Waals surface area contributed by atoms with Gasteiger partial charge in [0.1, 0.15) is 11.5 Å². The second-order valence-corrected chi connectivity index (χ2v) is 7.71. The van der Waals surface area contributed by atoms with Crippen molar-refractivity contribution in [1.82, 2.24) is 5.43 Å². The maximum atomic E-state index is 12.4. The summed E-state index contributed by atoms with van der Waals surface area (Å²) in [5, 5.41) is 15.8. The van der Waals surface area contributed by atoms with Gasteiger partial charge in [0.2, 0.25) is 0 Å². The second kappa shape index (κ2) is 9.45. The number of hydrogen-bond acceptors (Lipinski definition) is 5. The van der Waals surface area contributed by atoms with Gasteiger partial charge in [0.25, 0.3) is 5.91 Å². The van der Waals surface area contributed by atoms with Crippen LogP contribution in [0.2, 0.25) is 0 Å². The van der Waals surface area contributed by atoms with Gasteiger partial charge in [-0.15, -0.1) is 0 Å². The molecule has 4 rings (SSSR count). The summed E-state index contributed by atoms with van der Waals surface area (Å²) in [6.45, 7) is 0. The largest absolute Gasteiger partial charge is 0.507 e. The molecule has 0 heterocycles. The molecule has 0 aliphatic heterocycles. The third kappa shape index (κ3) is 4.84. The summed E-state index contributed by atoms with van der Waals surface area (Å²) < 4.78 is 6.03. The Balaban J connectivity index is 1.39. The number of nitrogens with zero attached hydrogens (tertiary/aromatic N) is 1. The lowest BCUT2D eigenvalue weighted by atomic mass is 10.1. The molecule has 158 valence electrons. The minimum atomic E-state index is -0.525. The van der Waals surface area contributed by atoms with Gasteiger partial charge in [0, 0.05) is 4.47 Å². The lowest BCUT2D eigenvalue weighted by Gasteiger charge is -2.06. The number of fused-ring (bicyclic) bond motifs is 1. The summed E-state index contributed by atoms with van der Waals surface area (Å²) in [7, 11) is 0. The number of carbonyl (C=O) groups excluding carboxylic acids is 2. The van der Waals surface area contributed by atoms with Crippen LogP contribution in [0.1, 0.15) is 26.3 Å². The van der Waals surface area contributed by atoms with Crippen LogP contribution in [0.3, 0.4) is 0 Å². The molecule has 0 saturated heterocycles. The number of carbonyl (C=O) groups is 2. The molecule has 7 heteroatoms. The molecular formula is C25H17BrN2O4. The van der Waals surface area contributed by atoms with E-state index in [-0.39, 0.29) is 11.3 Å². The quantitative estimate of drug-likeness (QED) is 0.173. The highest BCUT2D eigenvalue weighted by molar-refractivity contribution is 9.10. The van der Waals surface area contributed by atoms with Crippen LogP contribution in [0.5, 0.6) is 11.5 Å². The molecule has 0 spiro atoms. The topological polar surface area (TPSA) is 88.0 Å². The summed E-state index contributed by atoms with van der Waals surface area (Å²) >= 11 is 3.33. The number of esters is 1. The molecule has 0 saturated carbocycles. The molecule has 0 aliphatic rings. The Morgan fingerprint density at radius 3 is 2.25 bits per heavy atom. The van der Waals surface area contributed by atoms with Gasteiger partial charge in [0.05, 0.1) is 17.3 Å². The Hall–Kier alpha value is -3.97. The number of hydrazone groups is 1. The predicted molar refractivity (Wildman–Crippen MR) is 126 cm³/mol. The number of aromatic hydroxyl groups is 1. The highest BCUT2D eigenvalue weighted by atomic mass is 79.9. The summed E-state index contributed by atoms with van der Waals surface area (Å²) in [5.74, 6) is -0.731.